The smallest absolute Gasteiger partial charge is 0.409 e. The van der Waals surface area contributed by atoms with Gasteiger partial charge in [-0.2, -0.15) is 0 Å². The van der Waals surface area contributed by atoms with E-state index in [1.165, 1.54) is 0 Å². The second-order valence-electron chi connectivity index (χ2n) is 6.57. The second kappa shape index (κ2) is 8.68. The lowest BCUT2D eigenvalue weighted by atomic mass is 10.1. The zero-order chi connectivity index (χ0) is 20.1. The summed E-state index contributed by atoms with van der Waals surface area (Å²) in [6.07, 6.45) is 1.02. The van der Waals surface area contributed by atoms with E-state index in [4.69, 9.17) is 9.26 Å². The Labute approximate surface area is 162 Å². The van der Waals surface area contributed by atoms with E-state index in [2.05, 4.69) is 25.8 Å². The van der Waals surface area contributed by atoms with Gasteiger partial charge in [-0.1, -0.05) is 5.16 Å². The average Bonchev–Trinajstić information content (AvgIpc) is 3.06. The number of amides is 2. The summed E-state index contributed by atoms with van der Waals surface area (Å²) < 4.78 is 10.0. The lowest BCUT2D eigenvalue weighted by molar-refractivity contribution is 0.0856. The van der Waals surface area contributed by atoms with Gasteiger partial charge in [0, 0.05) is 31.3 Å². The molecule has 0 unspecified atom stereocenters. The summed E-state index contributed by atoms with van der Waals surface area (Å²) in [5.41, 5.74) is 0.267. The molecule has 3 heterocycles. The van der Waals surface area contributed by atoms with Crippen molar-refractivity contribution >= 4 is 23.6 Å². The van der Waals surface area contributed by atoms with Crippen LogP contribution in [0.2, 0.25) is 0 Å². The first-order chi connectivity index (χ1) is 13.4. The maximum atomic E-state index is 12.6. The lowest BCUT2D eigenvalue weighted by Crippen LogP contribution is -2.46. The summed E-state index contributed by atoms with van der Waals surface area (Å²) in [4.78, 5) is 34.5. The van der Waals surface area contributed by atoms with Crippen LogP contribution >= 0.6 is 0 Å². The normalized spacial score (nSPS) is 14.6. The molecule has 28 heavy (non-hydrogen) atoms. The predicted molar refractivity (Wildman–Crippen MR) is 100 cm³/mol. The lowest BCUT2D eigenvalue weighted by Gasteiger charge is -2.31. The summed E-state index contributed by atoms with van der Waals surface area (Å²) in [7, 11) is 0. The number of hydrogen-bond acceptors (Lipinski definition) is 8. The van der Waals surface area contributed by atoms with E-state index in [0.717, 1.165) is 0 Å². The van der Waals surface area contributed by atoms with E-state index < -0.39 is 0 Å². The summed E-state index contributed by atoms with van der Waals surface area (Å²) in [6, 6.07) is 3.28. The average molecular weight is 388 g/mol. The van der Waals surface area contributed by atoms with E-state index in [0.29, 0.717) is 55.8 Å². The molecule has 1 saturated heterocycles. The Kier molecular flexibility index (Phi) is 6.07. The predicted octanol–water partition coefficient (Wildman–Crippen LogP) is 2.18. The molecular formula is C18H24N6O4. The third-order valence-electron chi connectivity index (χ3n) is 4.31. The van der Waals surface area contributed by atoms with Crippen LogP contribution in [-0.4, -0.2) is 57.8 Å². The molecule has 2 aromatic heterocycles. The zero-order valence-corrected chi connectivity index (χ0v) is 16.2. The minimum absolute atomic E-state index is 0.0250. The van der Waals surface area contributed by atoms with Crippen LogP contribution < -0.4 is 10.6 Å². The number of rotatable bonds is 5. The molecule has 150 valence electrons. The van der Waals surface area contributed by atoms with E-state index in [9.17, 15) is 9.59 Å². The maximum Gasteiger partial charge on any atom is 0.409 e. The number of aryl methyl sites for hydroxylation is 2. The minimum atomic E-state index is -0.308. The van der Waals surface area contributed by atoms with Crippen LogP contribution in [0.3, 0.4) is 0 Å². The third kappa shape index (κ3) is 4.96. The Morgan fingerprint density at radius 2 is 1.96 bits per heavy atom. The highest BCUT2D eigenvalue weighted by Gasteiger charge is 2.25. The Morgan fingerprint density at radius 1 is 1.21 bits per heavy atom. The van der Waals surface area contributed by atoms with E-state index in [1.807, 2.05) is 0 Å². The van der Waals surface area contributed by atoms with Crippen molar-refractivity contribution in [1.29, 1.82) is 0 Å². The number of carbonyl (C=O) groups excluding carboxylic acids is 2. The summed E-state index contributed by atoms with van der Waals surface area (Å²) in [5.74, 6) is 1.82. The molecule has 10 heteroatoms. The molecule has 1 aliphatic heterocycles. The second-order valence-corrected chi connectivity index (χ2v) is 6.57. The van der Waals surface area contributed by atoms with Crippen molar-refractivity contribution in [2.45, 2.75) is 39.7 Å². The van der Waals surface area contributed by atoms with E-state index >= 15 is 0 Å². The van der Waals surface area contributed by atoms with Crippen molar-refractivity contribution in [3.8, 4) is 0 Å². The topological polar surface area (TPSA) is 122 Å². The molecule has 0 radical (unpaired) electrons. The molecule has 2 amide bonds. The number of nitrogens with one attached hydrogen (secondary N) is 2. The number of ether oxygens (including phenoxy) is 1. The number of aromatic nitrogens is 3. The molecule has 10 nitrogen and oxygen atoms in total. The molecule has 0 bridgehead atoms. The standard InChI is InChI=1S/C18H24N6O4/c1-4-27-18(26)24-7-5-13(6-8-24)21-17(25)14-10-15(20-12(3)19-14)22-16-9-11(2)28-23-16/h9-10,13H,4-8H2,1-3H3,(H,21,25)(H,19,20,22,23). The first-order valence-corrected chi connectivity index (χ1v) is 9.23. The number of nitrogens with zero attached hydrogens (tertiary/aromatic N) is 4. The van der Waals surface area contributed by atoms with Gasteiger partial charge in [0.2, 0.25) is 0 Å². The van der Waals surface area contributed by atoms with Crippen molar-refractivity contribution in [2.24, 2.45) is 0 Å². The molecule has 1 fully saturated rings. The monoisotopic (exact) mass is 388 g/mol. The van der Waals surface area contributed by atoms with Gasteiger partial charge in [-0.15, -0.1) is 0 Å². The SMILES string of the molecule is CCOC(=O)N1CCC(NC(=O)c2cc(Nc3cc(C)on3)nc(C)n2)CC1. The summed E-state index contributed by atoms with van der Waals surface area (Å²) in [5, 5.41) is 9.83. The molecule has 1 aliphatic rings. The summed E-state index contributed by atoms with van der Waals surface area (Å²) >= 11 is 0. The van der Waals surface area contributed by atoms with Crippen LogP contribution in [0, 0.1) is 13.8 Å². The van der Waals surface area contributed by atoms with Crippen LogP contribution in [0.5, 0.6) is 0 Å². The van der Waals surface area contributed by atoms with Crippen LogP contribution in [0.15, 0.2) is 16.7 Å². The maximum absolute atomic E-state index is 12.6. The highest BCUT2D eigenvalue weighted by Crippen LogP contribution is 2.16. The highest BCUT2D eigenvalue weighted by atomic mass is 16.6. The van der Waals surface area contributed by atoms with E-state index in [-0.39, 0.29) is 23.7 Å². The molecule has 3 rings (SSSR count). The van der Waals surface area contributed by atoms with Crippen LogP contribution in [0.25, 0.3) is 0 Å². The Hall–Kier alpha value is -3.17. The van der Waals surface area contributed by atoms with Crippen molar-refractivity contribution < 1.29 is 18.8 Å². The van der Waals surface area contributed by atoms with Gasteiger partial charge in [-0.05, 0) is 33.6 Å². The van der Waals surface area contributed by atoms with Gasteiger partial charge in [-0.3, -0.25) is 4.79 Å². The van der Waals surface area contributed by atoms with Gasteiger partial charge in [-0.25, -0.2) is 14.8 Å². The minimum Gasteiger partial charge on any atom is -0.450 e. The largest absolute Gasteiger partial charge is 0.450 e. The highest BCUT2D eigenvalue weighted by molar-refractivity contribution is 5.93. The number of likely N-dealkylation sites (tertiary alicyclic amines) is 1. The Morgan fingerprint density at radius 3 is 2.61 bits per heavy atom. The van der Waals surface area contributed by atoms with Crippen molar-refractivity contribution in [3.63, 3.8) is 0 Å². The zero-order valence-electron chi connectivity index (χ0n) is 16.2. The van der Waals surface area contributed by atoms with Crippen molar-refractivity contribution in [3.05, 3.63) is 29.4 Å². The van der Waals surface area contributed by atoms with Gasteiger partial charge < -0.3 is 24.8 Å². The van der Waals surface area contributed by atoms with Gasteiger partial charge >= 0.3 is 6.09 Å². The van der Waals surface area contributed by atoms with Gasteiger partial charge in [0.1, 0.15) is 23.1 Å². The van der Waals surface area contributed by atoms with E-state index in [1.54, 1.807) is 37.8 Å². The molecule has 0 aromatic carbocycles. The number of piperidine rings is 1. The fraction of sp³-hybridized carbons (Fsp3) is 0.500. The Bertz CT molecular complexity index is 844. The molecule has 0 saturated carbocycles. The molecular weight excluding hydrogens is 364 g/mol. The fourth-order valence-electron chi connectivity index (χ4n) is 2.99. The van der Waals surface area contributed by atoms with Crippen molar-refractivity contribution in [2.75, 3.05) is 25.0 Å². The first-order valence-electron chi connectivity index (χ1n) is 9.23. The molecule has 2 aromatic rings. The third-order valence-corrected chi connectivity index (χ3v) is 4.31. The van der Waals surface area contributed by atoms with Gasteiger partial charge in [0.05, 0.1) is 6.61 Å². The number of carbonyl (C=O) groups is 2. The molecule has 2 N–H and O–H groups in total. The summed E-state index contributed by atoms with van der Waals surface area (Å²) in [6.45, 7) is 6.73. The number of anilines is 2. The molecule has 0 spiro atoms. The quantitative estimate of drug-likeness (QED) is 0.799. The van der Waals surface area contributed by atoms with Gasteiger partial charge in [0.15, 0.2) is 5.82 Å². The fourth-order valence-corrected chi connectivity index (χ4v) is 2.99. The molecule has 0 aliphatic carbocycles. The first kappa shape index (κ1) is 19.6. The van der Waals surface area contributed by atoms with Crippen LogP contribution in [0.1, 0.15) is 41.8 Å². The van der Waals surface area contributed by atoms with Crippen LogP contribution in [0.4, 0.5) is 16.4 Å². The van der Waals surface area contributed by atoms with Crippen LogP contribution in [-0.2, 0) is 4.74 Å². The van der Waals surface area contributed by atoms with Crippen molar-refractivity contribution in [1.82, 2.24) is 25.3 Å². The Balaban J connectivity index is 1.59. The number of hydrogen-bond donors (Lipinski definition) is 2. The van der Waals surface area contributed by atoms with Gasteiger partial charge in [0.25, 0.3) is 5.91 Å². The molecule has 0 atom stereocenters.